The van der Waals surface area contributed by atoms with Gasteiger partial charge in [0.15, 0.2) is 0 Å². The van der Waals surface area contributed by atoms with Crippen LogP contribution in [0.4, 0.5) is 0 Å². The van der Waals surface area contributed by atoms with Crippen molar-refractivity contribution in [3.8, 4) is 0 Å². The Balaban J connectivity index is 1.97. The van der Waals surface area contributed by atoms with Gasteiger partial charge in [0, 0.05) is 13.2 Å². The van der Waals surface area contributed by atoms with Crippen molar-refractivity contribution in [1.29, 1.82) is 0 Å². The standard InChI is InChI=1S/C12H20N2O/c1-14-9-10(8-13-14)7-11-5-3-2-4-6-12(11)15/h8-9,11-12,15H,2-7H2,1H3. The third-order valence-electron chi connectivity index (χ3n) is 3.38. The van der Waals surface area contributed by atoms with Crippen LogP contribution in [0.2, 0.25) is 0 Å². The van der Waals surface area contributed by atoms with Gasteiger partial charge in [-0.05, 0) is 30.7 Å². The lowest BCUT2D eigenvalue weighted by Gasteiger charge is -2.19. The van der Waals surface area contributed by atoms with Gasteiger partial charge in [0.1, 0.15) is 0 Å². The van der Waals surface area contributed by atoms with Crippen molar-refractivity contribution < 1.29 is 5.11 Å². The maximum absolute atomic E-state index is 9.99. The van der Waals surface area contributed by atoms with Gasteiger partial charge in [-0.2, -0.15) is 5.10 Å². The van der Waals surface area contributed by atoms with Crippen LogP contribution < -0.4 is 0 Å². The lowest BCUT2D eigenvalue weighted by Crippen LogP contribution is -2.20. The van der Waals surface area contributed by atoms with Crippen molar-refractivity contribution in [1.82, 2.24) is 9.78 Å². The minimum Gasteiger partial charge on any atom is -0.393 e. The van der Waals surface area contributed by atoms with Crippen molar-refractivity contribution in [2.24, 2.45) is 13.0 Å². The molecule has 0 aromatic carbocycles. The molecule has 2 rings (SSSR count). The second-order valence-corrected chi connectivity index (χ2v) is 4.69. The minimum absolute atomic E-state index is 0.104. The maximum Gasteiger partial charge on any atom is 0.0571 e. The zero-order chi connectivity index (χ0) is 10.7. The predicted molar refractivity (Wildman–Crippen MR) is 59.5 cm³/mol. The summed E-state index contributed by atoms with van der Waals surface area (Å²) in [4.78, 5) is 0. The van der Waals surface area contributed by atoms with Crippen LogP contribution in [0.1, 0.15) is 37.7 Å². The zero-order valence-electron chi connectivity index (χ0n) is 9.39. The van der Waals surface area contributed by atoms with Crippen molar-refractivity contribution in [2.45, 2.75) is 44.6 Å². The summed E-state index contributed by atoms with van der Waals surface area (Å²) in [6.45, 7) is 0. The molecule has 1 heterocycles. The fourth-order valence-corrected chi connectivity index (χ4v) is 2.48. The fraction of sp³-hybridized carbons (Fsp3) is 0.750. The number of aliphatic hydroxyl groups is 1. The van der Waals surface area contributed by atoms with Gasteiger partial charge in [-0.3, -0.25) is 4.68 Å². The van der Waals surface area contributed by atoms with E-state index < -0.39 is 0 Å². The van der Waals surface area contributed by atoms with Gasteiger partial charge in [0.2, 0.25) is 0 Å². The average molecular weight is 208 g/mol. The van der Waals surface area contributed by atoms with Crippen LogP contribution in [0, 0.1) is 5.92 Å². The number of aliphatic hydroxyl groups excluding tert-OH is 1. The summed E-state index contributed by atoms with van der Waals surface area (Å²) in [5.41, 5.74) is 1.25. The Morgan fingerprint density at radius 2 is 2.20 bits per heavy atom. The van der Waals surface area contributed by atoms with Gasteiger partial charge in [0.25, 0.3) is 0 Å². The molecule has 0 aliphatic heterocycles. The lowest BCUT2D eigenvalue weighted by molar-refractivity contribution is 0.101. The molecular weight excluding hydrogens is 188 g/mol. The first-order chi connectivity index (χ1) is 7.25. The highest BCUT2D eigenvalue weighted by Crippen LogP contribution is 2.26. The molecule has 1 N–H and O–H groups in total. The van der Waals surface area contributed by atoms with Crippen molar-refractivity contribution in [2.75, 3.05) is 0 Å². The zero-order valence-corrected chi connectivity index (χ0v) is 9.39. The fourth-order valence-electron chi connectivity index (χ4n) is 2.48. The second kappa shape index (κ2) is 4.79. The molecule has 1 aliphatic rings. The molecule has 0 spiro atoms. The predicted octanol–water partition coefficient (Wildman–Crippen LogP) is 1.90. The molecule has 15 heavy (non-hydrogen) atoms. The Labute approximate surface area is 91.1 Å². The van der Waals surface area contributed by atoms with Crippen LogP contribution in [0.25, 0.3) is 0 Å². The van der Waals surface area contributed by atoms with Gasteiger partial charge in [-0.15, -0.1) is 0 Å². The number of aromatic nitrogens is 2. The summed E-state index contributed by atoms with van der Waals surface area (Å²) >= 11 is 0. The topological polar surface area (TPSA) is 38.0 Å². The summed E-state index contributed by atoms with van der Waals surface area (Å²) in [5.74, 6) is 0.441. The maximum atomic E-state index is 9.99. The van der Waals surface area contributed by atoms with Crippen LogP contribution in [0.15, 0.2) is 12.4 Å². The third-order valence-corrected chi connectivity index (χ3v) is 3.38. The van der Waals surface area contributed by atoms with Crippen molar-refractivity contribution in [3.63, 3.8) is 0 Å². The molecule has 1 aliphatic carbocycles. The monoisotopic (exact) mass is 208 g/mol. The quantitative estimate of drug-likeness (QED) is 0.754. The van der Waals surface area contributed by atoms with Crippen molar-refractivity contribution >= 4 is 0 Å². The molecule has 2 atom stereocenters. The number of rotatable bonds is 2. The highest BCUT2D eigenvalue weighted by atomic mass is 16.3. The average Bonchev–Trinajstić information content (AvgIpc) is 2.50. The number of hydrogen-bond donors (Lipinski definition) is 1. The van der Waals surface area contributed by atoms with E-state index in [9.17, 15) is 5.11 Å². The smallest absolute Gasteiger partial charge is 0.0571 e. The molecule has 0 amide bonds. The molecule has 1 aromatic heterocycles. The normalized spacial score (nSPS) is 27.6. The van der Waals surface area contributed by atoms with E-state index in [-0.39, 0.29) is 6.10 Å². The summed E-state index contributed by atoms with van der Waals surface area (Å²) in [6.07, 6.45) is 10.7. The third kappa shape index (κ3) is 2.81. The molecule has 2 unspecified atom stereocenters. The summed E-state index contributed by atoms with van der Waals surface area (Å²) in [5, 5.41) is 14.2. The van der Waals surface area contributed by atoms with E-state index in [0.717, 1.165) is 19.3 Å². The Kier molecular flexibility index (Phi) is 3.41. The molecule has 84 valence electrons. The molecule has 3 nitrogen and oxygen atoms in total. The summed E-state index contributed by atoms with van der Waals surface area (Å²) in [6, 6.07) is 0. The second-order valence-electron chi connectivity index (χ2n) is 4.69. The summed E-state index contributed by atoms with van der Waals surface area (Å²) < 4.78 is 1.83. The van der Waals surface area contributed by atoms with Crippen LogP contribution in [-0.2, 0) is 13.5 Å². The van der Waals surface area contributed by atoms with Crippen LogP contribution in [0.5, 0.6) is 0 Å². The molecule has 1 saturated carbocycles. The number of nitrogens with zero attached hydrogens (tertiary/aromatic N) is 2. The van der Waals surface area contributed by atoms with Crippen molar-refractivity contribution in [3.05, 3.63) is 18.0 Å². The molecule has 0 radical (unpaired) electrons. The van der Waals surface area contributed by atoms with Gasteiger partial charge >= 0.3 is 0 Å². The molecule has 0 saturated heterocycles. The highest BCUT2D eigenvalue weighted by molar-refractivity contribution is 5.05. The van der Waals surface area contributed by atoms with E-state index >= 15 is 0 Å². The molecule has 1 fully saturated rings. The highest BCUT2D eigenvalue weighted by Gasteiger charge is 2.21. The number of aryl methyl sites for hydroxylation is 1. The SMILES string of the molecule is Cn1cc(CC2CCCCCC2O)cn1. The first-order valence-corrected chi connectivity index (χ1v) is 5.91. The van der Waals surface area contributed by atoms with E-state index in [4.69, 9.17) is 0 Å². The minimum atomic E-state index is -0.104. The van der Waals surface area contributed by atoms with Crippen LogP contribution >= 0.6 is 0 Å². The van der Waals surface area contributed by atoms with Gasteiger partial charge in [0.05, 0.1) is 12.3 Å². The molecule has 3 heteroatoms. The molecule has 1 aromatic rings. The van der Waals surface area contributed by atoms with Crippen LogP contribution in [-0.4, -0.2) is 21.0 Å². The van der Waals surface area contributed by atoms with E-state index in [1.165, 1.54) is 24.8 Å². The van der Waals surface area contributed by atoms with E-state index in [0.29, 0.717) is 5.92 Å². The van der Waals surface area contributed by atoms with Gasteiger partial charge in [-0.1, -0.05) is 19.3 Å². The molecule has 0 bridgehead atoms. The Morgan fingerprint density at radius 3 is 2.93 bits per heavy atom. The van der Waals surface area contributed by atoms with Gasteiger partial charge < -0.3 is 5.11 Å². The molecular formula is C12H20N2O. The lowest BCUT2D eigenvalue weighted by atomic mass is 9.91. The van der Waals surface area contributed by atoms with Crippen LogP contribution in [0.3, 0.4) is 0 Å². The Bertz CT molecular complexity index is 308. The van der Waals surface area contributed by atoms with Gasteiger partial charge in [-0.25, -0.2) is 0 Å². The van der Waals surface area contributed by atoms with E-state index in [1.807, 2.05) is 17.9 Å². The van der Waals surface area contributed by atoms with E-state index in [1.54, 1.807) is 0 Å². The first-order valence-electron chi connectivity index (χ1n) is 5.91. The van der Waals surface area contributed by atoms with E-state index in [2.05, 4.69) is 11.3 Å². The summed E-state index contributed by atoms with van der Waals surface area (Å²) in [7, 11) is 1.94. The Morgan fingerprint density at radius 1 is 1.40 bits per heavy atom. The largest absolute Gasteiger partial charge is 0.393 e. The number of hydrogen-bond acceptors (Lipinski definition) is 2. The Hall–Kier alpha value is -0.830. The first kappa shape index (κ1) is 10.7.